The van der Waals surface area contributed by atoms with Crippen LogP contribution in [0.4, 0.5) is 4.79 Å². The molecule has 1 amide bonds. The second-order valence-electron chi connectivity index (χ2n) is 6.85. The molecule has 0 fully saturated rings. The van der Waals surface area contributed by atoms with E-state index in [4.69, 9.17) is 4.74 Å². The van der Waals surface area contributed by atoms with Crippen molar-refractivity contribution in [3.05, 3.63) is 29.6 Å². The van der Waals surface area contributed by atoms with Gasteiger partial charge in [-0.25, -0.2) is 4.79 Å². The first-order valence-corrected chi connectivity index (χ1v) is 7.98. The van der Waals surface area contributed by atoms with E-state index in [0.29, 0.717) is 6.54 Å². The minimum atomic E-state index is -0.453. The summed E-state index contributed by atoms with van der Waals surface area (Å²) in [6, 6.07) is 4.44. The third kappa shape index (κ3) is 4.70. The summed E-state index contributed by atoms with van der Waals surface area (Å²) in [6.07, 6.45) is 4.96. The Bertz CT molecular complexity index is 511. The molecular formula is C17H27N3O2. The summed E-state index contributed by atoms with van der Waals surface area (Å²) < 4.78 is 5.35. The van der Waals surface area contributed by atoms with E-state index in [-0.39, 0.29) is 12.1 Å². The largest absolute Gasteiger partial charge is 0.444 e. The van der Waals surface area contributed by atoms with Crippen molar-refractivity contribution in [3.63, 3.8) is 0 Å². The molecule has 1 aliphatic carbocycles. The Morgan fingerprint density at radius 3 is 3.00 bits per heavy atom. The number of pyridine rings is 1. The summed E-state index contributed by atoms with van der Waals surface area (Å²) in [4.78, 5) is 18.0. The van der Waals surface area contributed by atoms with E-state index in [0.717, 1.165) is 25.1 Å². The molecule has 0 aliphatic heterocycles. The van der Waals surface area contributed by atoms with Crippen molar-refractivity contribution in [1.29, 1.82) is 0 Å². The Balaban J connectivity index is 1.81. The summed E-state index contributed by atoms with van der Waals surface area (Å²) >= 11 is 0. The number of amides is 1. The number of ether oxygens (including phenoxy) is 1. The van der Waals surface area contributed by atoms with Crippen LogP contribution in [-0.4, -0.2) is 41.7 Å². The fourth-order valence-corrected chi connectivity index (χ4v) is 2.65. The Morgan fingerprint density at radius 1 is 1.50 bits per heavy atom. The first-order chi connectivity index (χ1) is 10.4. The second-order valence-corrected chi connectivity index (χ2v) is 6.85. The van der Waals surface area contributed by atoms with Crippen LogP contribution in [0.1, 0.15) is 50.9 Å². The van der Waals surface area contributed by atoms with Gasteiger partial charge in [0.05, 0.1) is 5.69 Å². The highest BCUT2D eigenvalue weighted by Crippen LogP contribution is 2.27. The first kappa shape index (κ1) is 16.7. The number of fused-ring (bicyclic) bond motifs is 1. The number of rotatable bonds is 4. The topological polar surface area (TPSA) is 54.5 Å². The average Bonchev–Trinajstić information content (AvgIpc) is 2.45. The van der Waals surface area contributed by atoms with Gasteiger partial charge in [-0.15, -0.1) is 0 Å². The number of carbonyl (C=O) groups excluding carboxylic acids is 1. The monoisotopic (exact) mass is 305 g/mol. The van der Waals surface area contributed by atoms with Crippen molar-refractivity contribution in [2.75, 3.05) is 20.1 Å². The zero-order valence-corrected chi connectivity index (χ0v) is 14.1. The van der Waals surface area contributed by atoms with E-state index in [2.05, 4.69) is 16.4 Å². The van der Waals surface area contributed by atoms with Gasteiger partial charge in [-0.3, -0.25) is 4.98 Å². The molecule has 1 N–H and O–H groups in total. The summed E-state index contributed by atoms with van der Waals surface area (Å²) in [6.45, 7) is 6.98. The predicted octanol–water partition coefficient (Wildman–Crippen LogP) is 2.92. The average molecular weight is 305 g/mol. The number of nitrogens with one attached hydrogen (secondary N) is 1. The molecule has 5 heteroatoms. The van der Waals surface area contributed by atoms with Crippen molar-refractivity contribution in [1.82, 2.24) is 15.2 Å². The van der Waals surface area contributed by atoms with Crippen LogP contribution in [-0.2, 0) is 11.2 Å². The molecule has 1 heterocycles. The van der Waals surface area contributed by atoms with Gasteiger partial charge in [-0.2, -0.15) is 0 Å². The van der Waals surface area contributed by atoms with Gasteiger partial charge in [0, 0.05) is 32.4 Å². The van der Waals surface area contributed by atoms with Crippen LogP contribution in [0.5, 0.6) is 0 Å². The van der Waals surface area contributed by atoms with Crippen molar-refractivity contribution in [2.45, 2.75) is 51.7 Å². The summed E-state index contributed by atoms with van der Waals surface area (Å²) in [7, 11) is 1.77. The SMILES string of the molecule is CN(CCNC1CCCc2cccnc21)C(=O)OC(C)(C)C. The molecule has 0 aromatic carbocycles. The molecule has 0 spiro atoms. The molecule has 0 saturated carbocycles. The van der Waals surface area contributed by atoms with Crippen LogP contribution in [0, 0.1) is 0 Å². The van der Waals surface area contributed by atoms with Gasteiger partial charge in [0.25, 0.3) is 0 Å². The van der Waals surface area contributed by atoms with E-state index in [9.17, 15) is 4.79 Å². The van der Waals surface area contributed by atoms with E-state index in [1.54, 1.807) is 11.9 Å². The fraction of sp³-hybridized carbons (Fsp3) is 0.647. The molecule has 0 bridgehead atoms. The number of hydrogen-bond donors (Lipinski definition) is 1. The van der Waals surface area contributed by atoms with E-state index in [1.165, 1.54) is 12.0 Å². The van der Waals surface area contributed by atoms with E-state index in [1.807, 2.05) is 33.0 Å². The molecule has 0 saturated heterocycles. The number of nitrogens with zero attached hydrogens (tertiary/aromatic N) is 2. The molecule has 1 aliphatic rings. The molecule has 1 aromatic rings. The van der Waals surface area contributed by atoms with Crippen LogP contribution in [0.15, 0.2) is 18.3 Å². The van der Waals surface area contributed by atoms with Crippen LogP contribution < -0.4 is 5.32 Å². The number of hydrogen-bond acceptors (Lipinski definition) is 4. The lowest BCUT2D eigenvalue weighted by atomic mass is 9.92. The van der Waals surface area contributed by atoms with Crippen molar-refractivity contribution in [2.24, 2.45) is 0 Å². The first-order valence-electron chi connectivity index (χ1n) is 7.98. The quantitative estimate of drug-likeness (QED) is 0.929. The van der Waals surface area contributed by atoms with Gasteiger partial charge >= 0.3 is 6.09 Å². The molecule has 122 valence electrons. The summed E-state index contributed by atoms with van der Waals surface area (Å²) in [5.41, 5.74) is 2.05. The molecular weight excluding hydrogens is 278 g/mol. The van der Waals surface area contributed by atoms with Crippen molar-refractivity contribution in [3.8, 4) is 0 Å². The maximum atomic E-state index is 11.9. The second kappa shape index (κ2) is 7.09. The predicted molar refractivity (Wildman–Crippen MR) is 86.8 cm³/mol. The Morgan fingerprint density at radius 2 is 2.27 bits per heavy atom. The zero-order valence-electron chi connectivity index (χ0n) is 14.1. The summed E-state index contributed by atoms with van der Waals surface area (Å²) in [5.74, 6) is 0. The molecule has 1 aromatic heterocycles. The van der Waals surface area contributed by atoms with Gasteiger partial charge in [0.1, 0.15) is 5.60 Å². The lowest BCUT2D eigenvalue weighted by Crippen LogP contribution is -2.39. The number of aryl methyl sites for hydroxylation is 1. The Hall–Kier alpha value is -1.62. The lowest BCUT2D eigenvalue weighted by molar-refractivity contribution is 0.0299. The smallest absolute Gasteiger partial charge is 0.410 e. The van der Waals surface area contributed by atoms with Crippen LogP contribution in [0.2, 0.25) is 0 Å². The summed E-state index contributed by atoms with van der Waals surface area (Å²) in [5, 5.41) is 3.51. The Kier molecular flexibility index (Phi) is 5.40. The standard InChI is InChI=1S/C17H27N3O2/c1-17(2,3)22-16(21)20(4)12-11-18-14-9-5-7-13-8-6-10-19-15(13)14/h6,8,10,14,18H,5,7,9,11-12H2,1-4H3. The number of carbonyl (C=O) groups is 1. The highest BCUT2D eigenvalue weighted by Gasteiger charge is 2.22. The molecule has 1 atom stereocenters. The number of likely N-dealkylation sites (N-methyl/N-ethyl adjacent to an activating group) is 1. The molecule has 22 heavy (non-hydrogen) atoms. The fourth-order valence-electron chi connectivity index (χ4n) is 2.65. The number of aromatic nitrogens is 1. The molecule has 1 unspecified atom stereocenters. The van der Waals surface area contributed by atoms with E-state index >= 15 is 0 Å². The minimum absolute atomic E-state index is 0.281. The zero-order chi connectivity index (χ0) is 16.2. The van der Waals surface area contributed by atoms with Crippen molar-refractivity contribution < 1.29 is 9.53 Å². The van der Waals surface area contributed by atoms with Gasteiger partial charge in [-0.1, -0.05) is 6.07 Å². The lowest BCUT2D eigenvalue weighted by Gasteiger charge is -2.27. The highest BCUT2D eigenvalue weighted by atomic mass is 16.6. The van der Waals surface area contributed by atoms with Crippen LogP contribution in [0.25, 0.3) is 0 Å². The third-order valence-electron chi connectivity index (χ3n) is 3.74. The van der Waals surface area contributed by atoms with Crippen LogP contribution >= 0.6 is 0 Å². The third-order valence-corrected chi connectivity index (χ3v) is 3.74. The maximum absolute atomic E-state index is 11.9. The molecule has 5 nitrogen and oxygen atoms in total. The van der Waals surface area contributed by atoms with E-state index < -0.39 is 5.60 Å². The van der Waals surface area contributed by atoms with Gasteiger partial charge in [-0.05, 0) is 51.7 Å². The van der Waals surface area contributed by atoms with Gasteiger partial charge < -0.3 is 15.0 Å². The molecule has 2 rings (SSSR count). The van der Waals surface area contributed by atoms with Crippen LogP contribution in [0.3, 0.4) is 0 Å². The highest BCUT2D eigenvalue weighted by molar-refractivity contribution is 5.67. The molecule has 0 radical (unpaired) electrons. The van der Waals surface area contributed by atoms with Gasteiger partial charge in [0.2, 0.25) is 0 Å². The Labute approximate surface area is 133 Å². The normalized spacial score (nSPS) is 17.7. The minimum Gasteiger partial charge on any atom is -0.444 e. The van der Waals surface area contributed by atoms with Gasteiger partial charge in [0.15, 0.2) is 0 Å². The maximum Gasteiger partial charge on any atom is 0.410 e. The van der Waals surface area contributed by atoms with Crippen molar-refractivity contribution >= 4 is 6.09 Å².